The van der Waals surface area contributed by atoms with Crippen LogP contribution in [0.5, 0.6) is 0 Å². The fourth-order valence-corrected chi connectivity index (χ4v) is 4.00. The second kappa shape index (κ2) is 8.27. The first-order valence-electron chi connectivity index (χ1n) is 8.79. The van der Waals surface area contributed by atoms with E-state index in [1.54, 1.807) is 7.11 Å². The Morgan fingerprint density at radius 2 is 1.91 bits per heavy atom. The van der Waals surface area contributed by atoms with Crippen LogP contribution in [-0.4, -0.2) is 63.3 Å². The summed E-state index contributed by atoms with van der Waals surface area (Å²) in [5.41, 5.74) is -0.630. The van der Waals surface area contributed by atoms with Crippen LogP contribution in [0.3, 0.4) is 0 Å². The highest BCUT2D eigenvalue weighted by Crippen LogP contribution is 2.28. The molecule has 0 aromatic carbocycles. The fourth-order valence-electron chi connectivity index (χ4n) is 4.00. The van der Waals surface area contributed by atoms with Gasteiger partial charge in [-0.15, -0.1) is 0 Å². The zero-order valence-corrected chi connectivity index (χ0v) is 14.5. The number of piperidine rings is 1. The Morgan fingerprint density at radius 3 is 2.45 bits per heavy atom. The van der Waals surface area contributed by atoms with Crippen molar-refractivity contribution in [3.63, 3.8) is 0 Å². The van der Waals surface area contributed by atoms with Crippen LogP contribution < -0.4 is 10.6 Å². The number of ether oxygens (including phenoxy) is 1. The van der Waals surface area contributed by atoms with Crippen molar-refractivity contribution in [1.29, 1.82) is 0 Å². The third-order valence-corrected chi connectivity index (χ3v) is 5.54. The van der Waals surface area contributed by atoms with Gasteiger partial charge in [0.2, 0.25) is 0 Å². The lowest BCUT2D eigenvalue weighted by Gasteiger charge is -2.38. The van der Waals surface area contributed by atoms with Crippen molar-refractivity contribution in [1.82, 2.24) is 15.5 Å². The zero-order valence-electron chi connectivity index (χ0n) is 14.5. The molecule has 2 rings (SSSR count). The summed E-state index contributed by atoms with van der Waals surface area (Å²) in [6.07, 6.45) is 8.11. The number of likely N-dealkylation sites (N-methyl/N-ethyl adjacent to an activating group) is 1. The summed E-state index contributed by atoms with van der Waals surface area (Å²) >= 11 is 0. The minimum Gasteiger partial charge on any atom is -0.368 e. The molecule has 5 nitrogen and oxygen atoms in total. The van der Waals surface area contributed by atoms with E-state index in [1.165, 1.54) is 32.1 Å². The van der Waals surface area contributed by atoms with Gasteiger partial charge in [-0.2, -0.15) is 0 Å². The predicted molar refractivity (Wildman–Crippen MR) is 88.9 cm³/mol. The van der Waals surface area contributed by atoms with Crippen LogP contribution in [0.4, 0.5) is 0 Å². The molecule has 2 N–H and O–H groups in total. The largest absolute Gasteiger partial charge is 0.368 e. The van der Waals surface area contributed by atoms with Gasteiger partial charge in [-0.1, -0.05) is 19.3 Å². The number of nitrogens with zero attached hydrogens (tertiary/aromatic N) is 1. The molecular formula is C17H33N3O2. The average molecular weight is 311 g/mol. The quantitative estimate of drug-likeness (QED) is 0.778. The molecule has 22 heavy (non-hydrogen) atoms. The van der Waals surface area contributed by atoms with Crippen LogP contribution >= 0.6 is 0 Å². The minimum atomic E-state index is -0.630. The minimum absolute atomic E-state index is 0.0687. The Labute approximate surface area is 135 Å². The molecule has 1 saturated heterocycles. The summed E-state index contributed by atoms with van der Waals surface area (Å²) in [7, 11) is 5.92. The van der Waals surface area contributed by atoms with E-state index in [1.807, 2.05) is 0 Å². The highest BCUT2D eigenvalue weighted by molar-refractivity contribution is 5.85. The summed E-state index contributed by atoms with van der Waals surface area (Å²) < 4.78 is 5.61. The van der Waals surface area contributed by atoms with Crippen molar-refractivity contribution in [3.05, 3.63) is 0 Å². The third kappa shape index (κ3) is 4.21. The highest BCUT2D eigenvalue weighted by atomic mass is 16.5. The van der Waals surface area contributed by atoms with Gasteiger partial charge in [0.15, 0.2) is 0 Å². The molecule has 5 heteroatoms. The number of carbonyl (C=O) groups excluding carboxylic acids is 1. The number of amides is 1. The van der Waals surface area contributed by atoms with E-state index in [-0.39, 0.29) is 5.91 Å². The zero-order chi connectivity index (χ0) is 16.0. The number of hydrogen-bond acceptors (Lipinski definition) is 4. The van der Waals surface area contributed by atoms with E-state index in [0.717, 1.165) is 32.5 Å². The second-order valence-corrected chi connectivity index (χ2v) is 7.09. The number of methoxy groups -OCH3 is 1. The number of nitrogens with one attached hydrogen (secondary N) is 2. The van der Waals surface area contributed by atoms with Crippen molar-refractivity contribution in [2.75, 3.05) is 40.8 Å². The summed E-state index contributed by atoms with van der Waals surface area (Å²) in [6, 6.07) is 0.430. The molecular weight excluding hydrogens is 278 g/mol. The summed E-state index contributed by atoms with van der Waals surface area (Å²) in [5.74, 6) is 0.773. The summed E-state index contributed by atoms with van der Waals surface area (Å²) in [4.78, 5) is 15.0. The molecule has 128 valence electrons. The van der Waals surface area contributed by atoms with E-state index >= 15 is 0 Å². The van der Waals surface area contributed by atoms with Gasteiger partial charge in [0.05, 0.1) is 0 Å². The Kier molecular flexibility index (Phi) is 6.66. The van der Waals surface area contributed by atoms with Crippen LogP contribution in [0.15, 0.2) is 0 Å². The Bertz CT molecular complexity index is 348. The SMILES string of the molecule is COC1(C(=O)NCC(C2CCCCC2)N(C)C)CCNCC1. The summed E-state index contributed by atoms with van der Waals surface area (Å²) in [5, 5.41) is 6.48. The molecule has 1 saturated carbocycles. The van der Waals surface area contributed by atoms with Crippen LogP contribution in [0.2, 0.25) is 0 Å². The molecule has 0 aromatic heterocycles. The molecule has 0 radical (unpaired) electrons. The third-order valence-electron chi connectivity index (χ3n) is 5.54. The van der Waals surface area contributed by atoms with E-state index in [0.29, 0.717) is 12.0 Å². The number of carbonyl (C=O) groups is 1. The monoisotopic (exact) mass is 311 g/mol. The van der Waals surface area contributed by atoms with Crippen LogP contribution in [-0.2, 0) is 9.53 Å². The Hall–Kier alpha value is -0.650. The maximum absolute atomic E-state index is 12.7. The van der Waals surface area contributed by atoms with E-state index in [4.69, 9.17) is 4.74 Å². The molecule has 1 amide bonds. The van der Waals surface area contributed by atoms with E-state index < -0.39 is 5.60 Å². The molecule has 1 unspecified atom stereocenters. The van der Waals surface area contributed by atoms with E-state index in [9.17, 15) is 4.79 Å². The lowest BCUT2D eigenvalue weighted by molar-refractivity contribution is -0.147. The lowest BCUT2D eigenvalue weighted by Crippen LogP contribution is -2.56. The van der Waals surface area contributed by atoms with Crippen LogP contribution in [0, 0.1) is 5.92 Å². The second-order valence-electron chi connectivity index (χ2n) is 7.09. The maximum Gasteiger partial charge on any atom is 0.252 e. The van der Waals surface area contributed by atoms with Crippen molar-refractivity contribution in [3.8, 4) is 0 Å². The molecule has 1 aliphatic heterocycles. The van der Waals surface area contributed by atoms with Crippen molar-refractivity contribution in [2.45, 2.75) is 56.6 Å². The standard InChI is InChI=1S/C17H33N3O2/c1-20(2)15(14-7-5-4-6-8-14)13-19-16(21)17(22-3)9-11-18-12-10-17/h14-15,18H,4-13H2,1-3H3,(H,19,21). The molecule has 0 bridgehead atoms. The van der Waals surface area contributed by atoms with Crippen LogP contribution in [0.25, 0.3) is 0 Å². The normalized spacial score (nSPS) is 24.2. The Balaban J connectivity index is 1.91. The lowest BCUT2D eigenvalue weighted by atomic mass is 9.83. The number of hydrogen-bond donors (Lipinski definition) is 2. The first kappa shape index (κ1) is 17.7. The summed E-state index contributed by atoms with van der Waals surface area (Å²) in [6.45, 7) is 2.43. The van der Waals surface area contributed by atoms with Gasteiger partial charge in [-0.05, 0) is 58.8 Å². The first-order chi connectivity index (χ1) is 10.6. The smallest absolute Gasteiger partial charge is 0.252 e. The van der Waals surface area contributed by atoms with Gasteiger partial charge in [0.1, 0.15) is 5.60 Å². The van der Waals surface area contributed by atoms with E-state index in [2.05, 4.69) is 29.6 Å². The van der Waals surface area contributed by atoms with Gasteiger partial charge >= 0.3 is 0 Å². The average Bonchev–Trinajstić information content (AvgIpc) is 2.56. The fraction of sp³-hybridized carbons (Fsp3) is 0.941. The maximum atomic E-state index is 12.7. The molecule has 0 aromatic rings. The molecule has 2 fully saturated rings. The molecule has 2 aliphatic rings. The molecule has 1 atom stereocenters. The van der Waals surface area contributed by atoms with Gasteiger partial charge in [-0.3, -0.25) is 4.79 Å². The van der Waals surface area contributed by atoms with Gasteiger partial charge in [-0.25, -0.2) is 0 Å². The molecule has 0 spiro atoms. The van der Waals surface area contributed by atoms with Crippen LogP contribution in [0.1, 0.15) is 44.9 Å². The molecule has 1 aliphatic carbocycles. The highest BCUT2D eigenvalue weighted by Gasteiger charge is 2.40. The first-order valence-corrected chi connectivity index (χ1v) is 8.79. The predicted octanol–water partition coefficient (Wildman–Crippen LogP) is 1.38. The van der Waals surface area contributed by atoms with Gasteiger partial charge in [0, 0.05) is 19.7 Å². The van der Waals surface area contributed by atoms with Crippen molar-refractivity contribution >= 4 is 5.91 Å². The van der Waals surface area contributed by atoms with Gasteiger partial charge in [0.25, 0.3) is 5.91 Å². The topological polar surface area (TPSA) is 53.6 Å². The number of rotatable bonds is 6. The van der Waals surface area contributed by atoms with Gasteiger partial charge < -0.3 is 20.3 Å². The van der Waals surface area contributed by atoms with Crippen molar-refractivity contribution in [2.24, 2.45) is 5.92 Å². The van der Waals surface area contributed by atoms with Crippen molar-refractivity contribution < 1.29 is 9.53 Å². The Morgan fingerprint density at radius 1 is 1.27 bits per heavy atom. The molecule has 1 heterocycles.